The Bertz CT molecular complexity index is 465. The summed E-state index contributed by atoms with van der Waals surface area (Å²) in [5.41, 5.74) is 0. The van der Waals surface area contributed by atoms with E-state index in [-0.39, 0.29) is 0 Å². The summed E-state index contributed by atoms with van der Waals surface area (Å²) in [7, 11) is 2.08. The molecule has 0 aromatic carbocycles. The molecule has 1 aliphatic carbocycles. The maximum absolute atomic E-state index is 6.34. The quantitative estimate of drug-likeness (QED) is 0.862. The molecule has 20 heavy (non-hydrogen) atoms. The zero-order chi connectivity index (χ0) is 14.7. The van der Waals surface area contributed by atoms with E-state index in [2.05, 4.69) is 29.2 Å². The third-order valence-corrected chi connectivity index (χ3v) is 4.61. The van der Waals surface area contributed by atoms with Crippen LogP contribution in [0.5, 0.6) is 0 Å². The van der Waals surface area contributed by atoms with Crippen molar-refractivity contribution in [3.8, 4) is 0 Å². The minimum atomic E-state index is 0.513. The highest BCUT2D eigenvalue weighted by Crippen LogP contribution is 2.35. The van der Waals surface area contributed by atoms with Gasteiger partial charge >= 0.3 is 0 Å². The van der Waals surface area contributed by atoms with Crippen LogP contribution in [0.4, 0.5) is 11.6 Å². The molecule has 112 valence electrons. The van der Waals surface area contributed by atoms with E-state index in [9.17, 15) is 0 Å². The normalized spacial score (nSPS) is 22.6. The van der Waals surface area contributed by atoms with Crippen LogP contribution >= 0.6 is 23.2 Å². The molecule has 1 saturated carbocycles. The zero-order valence-corrected chi connectivity index (χ0v) is 13.9. The van der Waals surface area contributed by atoms with Crippen molar-refractivity contribution in [1.29, 1.82) is 0 Å². The van der Waals surface area contributed by atoms with Crippen LogP contribution in [-0.4, -0.2) is 24.6 Å². The number of aromatic nitrogens is 1. The van der Waals surface area contributed by atoms with E-state index in [0.717, 1.165) is 18.3 Å². The summed E-state index contributed by atoms with van der Waals surface area (Å²) in [6.45, 7) is 5.14. The molecule has 0 amide bonds. The van der Waals surface area contributed by atoms with Gasteiger partial charge in [-0.25, -0.2) is 4.98 Å². The average Bonchev–Trinajstić information content (AvgIpc) is 2.41. The topological polar surface area (TPSA) is 28.2 Å². The van der Waals surface area contributed by atoms with Gasteiger partial charge < -0.3 is 10.2 Å². The maximum atomic E-state index is 6.34. The number of pyridine rings is 1. The molecule has 2 unspecified atom stereocenters. The van der Waals surface area contributed by atoms with Gasteiger partial charge in [-0.05, 0) is 31.7 Å². The van der Waals surface area contributed by atoms with Crippen molar-refractivity contribution in [2.24, 2.45) is 5.92 Å². The minimum absolute atomic E-state index is 0.513. The molecule has 0 aliphatic heterocycles. The van der Waals surface area contributed by atoms with Gasteiger partial charge in [0.25, 0.3) is 0 Å². The molecule has 3 nitrogen and oxygen atoms in total. The highest BCUT2D eigenvalue weighted by Gasteiger charge is 2.25. The first kappa shape index (κ1) is 15.7. The molecule has 1 heterocycles. The Kier molecular flexibility index (Phi) is 5.39. The molecule has 1 aromatic rings. The van der Waals surface area contributed by atoms with E-state index in [1.165, 1.54) is 25.7 Å². The van der Waals surface area contributed by atoms with E-state index < -0.39 is 0 Å². The molecular formula is C15H23Cl2N3. The van der Waals surface area contributed by atoms with Crippen LogP contribution in [0.25, 0.3) is 0 Å². The van der Waals surface area contributed by atoms with Gasteiger partial charge in [0.05, 0.1) is 10.0 Å². The predicted octanol–water partition coefficient (Wildman–Crippen LogP) is 4.84. The van der Waals surface area contributed by atoms with Crippen molar-refractivity contribution in [1.82, 2.24) is 4.98 Å². The minimum Gasteiger partial charge on any atom is -0.369 e. The summed E-state index contributed by atoms with van der Waals surface area (Å²) < 4.78 is 0. The second-order valence-corrected chi connectivity index (χ2v) is 6.51. The molecule has 1 N–H and O–H groups in total. The summed E-state index contributed by atoms with van der Waals surface area (Å²) in [6, 6.07) is 2.30. The van der Waals surface area contributed by atoms with Crippen molar-refractivity contribution in [2.45, 2.75) is 45.6 Å². The van der Waals surface area contributed by atoms with Gasteiger partial charge in [-0.3, -0.25) is 0 Å². The molecule has 0 saturated heterocycles. The lowest BCUT2D eigenvalue weighted by atomic mass is 9.86. The van der Waals surface area contributed by atoms with Gasteiger partial charge in [-0.1, -0.05) is 43.0 Å². The van der Waals surface area contributed by atoms with Crippen LogP contribution in [0.15, 0.2) is 6.07 Å². The highest BCUT2D eigenvalue weighted by molar-refractivity contribution is 6.37. The fraction of sp³-hybridized carbons (Fsp3) is 0.667. The van der Waals surface area contributed by atoms with E-state index in [4.69, 9.17) is 23.2 Å². The highest BCUT2D eigenvalue weighted by atomic mass is 35.5. The third-order valence-electron chi connectivity index (χ3n) is 4.05. The van der Waals surface area contributed by atoms with Crippen molar-refractivity contribution in [2.75, 3.05) is 23.8 Å². The summed E-state index contributed by atoms with van der Waals surface area (Å²) >= 11 is 12.5. The number of rotatable bonds is 4. The number of hydrogen-bond donors (Lipinski definition) is 1. The van der Waals surface area contributed by atoms with Crippen LogP contribution in [0.1, 0.15) is 39.5 Å². The summed E-state index contributed by atoms with van der Waals surface area (Å²) in [4.78, 5) is 6.83. The van der Waals surface area contributed by atoms with E-state index in [1.807, 2.05) is 6.92 Å². The fourth-order valence-electron chi connectivity index (χ4n) is 2.92. The van der Waals surface area contributed by atoms with Crippen molar-refractivity contribution >= 4 is 34.8 Å². The summed E-state index contributed by atoms with van der Waals surface area (Å²) in [5.74, 6) is 2.31. The molecular weight excluding hydrogens is 293 g/mol. The first-order valence-corrected chi connectivity index (χ1v) is 8.11. The Morgan fingerprint density at radius 3 is 2.75 bits per heavy atom. The van der Waals surface area contributed by atoms with E-state index >= 15 is 0 Å². The molecule has 1 fully saturated rings. The van der Waals surface area contributed by atoms with Crippen molar-refractivity contribution in [3.05, 3.63) is 16.1 Å². The third kappa shape index (κ3) is 3.50. The molecule has 0 radical (unpaired) electrons. The van der Waals surface area contributed by atoms with E-state index in [1.54, 1.807) is 6.07 Å². The van der Waals surface area contributed by atoms with Crippen LogP contribution in [-0.2, 0) is 0 Å². The Labute approximate surface area is 131 Å². The maximum Gasteiger partial charge on any atom is 0.149 e. The van der Waals surface area contributed by atoms with Gasteiger partial charge in [-0.2, -0.15) is 0 Å². The second-order valence-electron chi connectivity index (χ2n) is 5.69. The zero-order valence-electron chi connectivity index (χ0n) is 12.4. The Morgan fingerprint density at radius 2 is 2.10 bits per heavy atom. The Balaban J connectivity index is 2.24. The van der Waals surface area contributed by atoms with E-state index in [0.29, 0.717) is 21.9 Å². The van der Waals surface area contributed by atoms with Gasteiger partial charge in [0.15, 0.2) is 0 Å². The monoisotopic (exact) mass is 315 g/mol. The van der Waals surface area contributed by atoms with Gasteiger partial charge in [0.1, 0.15) is 11.6 Å². The SMILES string of the molecule is CCNc1nc(N(C)C2CCCC(C)C2)c(Cl)cc1Cl. The van der Waals surface area contributed by atoms with Gasteiger partial charge in [0, 0.05) is 19.6 Å². The smallest absolute Gasteiger partial charge is 0.149 e. The summed E-state index contributed by atoms with van der Waals surface area (Å²) in [5, 5.41) is 4.38. The molecule has 1 aliphatic rings. The fourth-order valence-corrected chi connectivity index (χ4v) is 3.48. The molecule has 5 heteroatoms. The van der Waals surface area contributed by atoms with Gasteiger partial charge in [0.2, 0.25) is 0 Å². The first-order valence-electron chi connectivity index (χ1n) is 7.35. The predicted molar refractivity (Wildman–Crippen MR) is 88.2 cm³/mol. The number of nitrogens with one attached hydrogen (secondary N) is 1. The lowest BCUT2D eigenvalue weighted by molar-refractivity contribution is 0.335. The lowest BCUT2D eigenvalue weighted by Crippen LogP contribution is -2.36. The van der Waals surface area contributed by atoms with Gasteiger partial charge in [-0.15, -0.1) is 0 Å². The van der Waals surface area contributed by atoms with Crippen LogP contribution < -0.4 is 10.2 Å². The number of halogens is 2. The number of anilines is 2. The van der Waals surface area contributed by atoms with Crippen molar-refractivity contribution in [3.63, 3.8) is 0 Å². The number of hydrogen-bond acceptors (Lipinski definition) is 3. The Morgan fingerprint density at radius 1 is 1.35 bits per heavy atom. The number of nitrogens with zero attached hydrogens (tertiary/aromatic N) is 2. The lowest BCUT2D eigenvalue weighted by Gasteiger charge is -2.35. The molecule has 0 bridgehead atoms. The average molecular weight is 316 g/mol. The summed E-state index contributed by atoms with van der Waals surface area (Å²) in [6.07, 6.45) is 5.02. The van der Waals surface area contributed by atoms with Crippen LogP contribution in [0.2, 0.25) is 10.0 Å². The van der Waals surface area contributed by atoms with Crippen LogP contribution in [0, 0.1) is 5.92 Å². The standard InChI is InChI=1S/C15H23Cl2N3/c1-4-18-14-12(16)9-13(17)15(19-14)20(3)11-7-5-6-10(2)8-11/h9-11H,4-8H2,1-3H3,(H,18,19). The first-order chi connectivity index (χ1) is 9.52. The Hall–Kier alpha value is -0.670. The molecule has 2 atom stereocenters. The molecule has 1 aromatic heterocycles. The second kappa shape index (κ2) is 6.86. The molecule has 2 rings (SSSR count). The largest absolute Gasteiger partial charge is 0.369 e. The van der Waals surface area contributed by atoms with Crippen LogP contribution in [0.3, 0.4) is 0 Å². The molecule has 0 spiro atoms. The van der Waals surface area contributed by atoms with Crippen molar-refractivity contribution < 1.29 is 0 Å².